The Morgan fingerprint density at radius 2 is 1.80 bits per heavy atom. The van der Waals surface area contributed by atoms with Crippen LogP contribution in [0.5, 0.6) is 0 Å². The van der Waals surface area contributed by atoms with Gasteiger partial charge in [0.25, 0.3) is 0 Å². The van der Waals surface area contributed by atoms with E-state index < -0.39 is 5.97 Å². The van der Waals surface area contributed by atoms with Crippen LogP contribution in [0.4, 0.5) is 4.39 Å². The third-order valence-electron chi connectivity index (χ3n) is 2.92. The number of hydrogen-bond donors (Lipinski definition) is 2. The number of carbonyl (C=O) groups excluding carboxylic acids is 1. The molecule has 0 aliphatic carbocycles. The van der Waals surface area contributed by atoms with Crippen molar-refractivity contribution in [1.82, 2.24) is 5.32 Å². The van der Waals surface area contributed by atoms with Crippen LogP contribution in [0.2, 0.25) is 0 Å². The average molecular weight is 281 g/mol. The van der Waals surface area contributed by atoms with Gasteiger partial charge in [0.2, 0.25) is 5.91 Å². The average Bonchev–Trinajstić information content (AvgIpc) is 2.30. The summed E-state index contributed by atoms with van der Waals surface area (Å²) in [6.07, 6.45) is 0.791. The molecule has 5 heteroatoms. The molecule has 0 heterocycles. The molecular formula is C15H20FNO3. The molecule has 2 unspecified atom stereocenters. The van der Waals surface area contributed by atoms with Crippen LogP contribution in [0.3, 0.4) is 0 Å². The molecule has 4 nitrogen and oxygen atoms in total. The summed E-state index contributed by atoms with van der Waals surface area (Å²) in [6.45, 7) is 3.60. The Bertz CT molecular complexity index is 459. The topological polar surface area (TPSA) is 66.4 Å². The van der Waals surface area contributed by atoms with Crippen LogP contribution < -0.4 is 5.32 Å². The van der Waals surface area contributed by atoms with Gasteiger partial charge in [-0.25, -0.2) is 4.39 Å². The largest absolute Gasteiger partial charge is 0.481 e. The minimum Gasteiger partial charge on any atom is -0.481 e. The molecule has 110 valence electrons. The fourth-order valence-electron chi connectivity index (χ4n) is 2.05. The van der Waals surface area contributed by atoms with Crippen LogP contribution in [0.25, 0.3) is 0 Å². The van der Waals surface area contributed by atoms with Crippen molar-refractivity contribution in [1.29, 1.82) is 0 Å². The van der Waals surface area contributed by atoms with Crippen molar-refractivity contribution >= 4 is 11.9 Å². The van der Waals surface area contributed by atoms with E-state index in [4.69, 9.17) is 5.11 Å². The van der Waals surface area contributed by atoms with Crippen molar-refractivity contribution in [3.05, 3.63) is 35.6 Å². The Morgan fingerprint density at radius 1 is 1.20 bits per heavy atom. The molecule has 1 rings (SSSR count). The zero-order valence-electron chi connectivity index (χ0n) is 11.7. The second kappa shape index (κ2) is 7.62. The molecule has 2 atom stereocenters. The normalized spacial score (nSPS) is 13.6. The standard InChI is InChI=1S/C15H20FNO3/c1-10(8-15(19)20)7-14(18)17-11(2)9-12-3-5-13(16)6-4-12/h3-6,10-11H,7-9H2,1-2H3,(H,17,18)(H,19,20). The summed E-state index contributed by atoms with van der Waals surface area (Å²) in [7, 11) is 0. The van der Waals surface area contributed by atoms with Gasteiger partial charge >= 0.3 is 5.97 Å². The molecule has 2 N–H and O–H groups in total. The van der Waals surface area contributed by atoms with Crippen LogP contribution in [0, 0.1) is 11.7 Å². The summed E-state index contributed by atoms with van der Waals surface area (Å²) in [4.78, 5) is 22.2. The van der Waals surface area contributed by atoms with E-state index in [-0.39, 0.29) is 36.5 Å². The van der Waals surface area contributed by atoms with Gasteiger partial charge in [-0.2, -0.15) is 0 Å². The van der Waals surface area contributed by atoms with Gasteiger partial charge in [-0.3, -0.25) is 9.59 Å². The van der Waals surface area contributed by atoms with E-state index in [0.29, 0.717) is 6.42 Å². The Hall–Kier alpha value is -1.91. The van der Waals surface area contributed by atoms with Gasteiger partial charge in [-0.1, -0.05) is 19.1 Å². The summed E-state index contributed by atoms with van der Waals surface area (Å²) in [5, 5.41) is 11.5. The minimum absolute atomic E-state index is 0.0141. The summed E-state index contributed by atoms with van der Waals surface area (Å²) in [5.41, 5.74) is 0.942. The van der Waals surface area contributed by atoms with E-state index in [9.17, 15) is 14.0 Å². The maximum atomic E-state index is 12.8. The van der Waals surface area contributed by atoms with Crippen LogP contribution in [0.1, 0.15) is 32.3 Å². The first-order chi connectivity index (χ1) is 9.36. The first-order valence-electron chi connectivity index (χ1n) is 6.62. The summed E-state index contributed by atoms with van der Waals surface area (Å²) < 4.78 is 12.8. The van der Waals surface area contributed by atoms with Crippen molar-refractivity contribution in [2.45, 2.75) is 39.2 Å². The molecule has 0 saturated carbocycles. The molecule has 20 heavy (non-hydrogen) atoms. The van der Waals surface area contributed by atoms with Gasteiger partial charge in [0.05, 0.1) is 0 Å². The number of rotatable bonds is 7. The highest BCUT2D eigenvalue weighted by molar-refractivity contribution is 5.77. The molecule has 0 aliphatic rings. The quantitative estimate of drug-likeness (QED) is 0.806. The third kappa shape index (κ3) is 6.31. The Labute approximate surface area is 118 Å². The second-order valence-corrected chi connectivity index (χ2v) is 5.21. The van der Waals surface area contributed by atoms with E-state index >= 15 is 0 Å². The van der Waals surface area contributed by atoms with E-state index in [1.807, 2.05) is 6.92 Å². The number of hydrogen-bond acceptors (Lipinski definition) is 2. The van der Waals surface area contributed by atoms with Gasteiger partial charge in [-0.05, 0) is 37.0 Å². The summed E-state index contributed by atoms with van der Waals surface area (Å²) in [6, 6.07) is 6.07. The Morgan fingerprint density at radius 3 is 2.35 bits per heavy atom. The highest BCUT2D eigenvalue weighted by Crippen LogP contribution is 2.09. The minimum atomic E-state index is -0.898. The van der Waals surface area contributed by atoms with Crippen molar-refractivity contribution in [3.8, 4) is 0 Å². The predicted molar refractivity (Wildman–Crippen MR) is 73.7 cm³/mol. The van der Waals surface area contributed by atoms with Crippen molar-refractivity contribution in [3.63, 3.8) is 0 Å². The second-order valence-electron chi connectivity index (χ2n) is 5.21. The number of carboxylic acids is 1. The Kier molecular flexibility index (Phi) is 6.15. The smallest absolute Gasteiger partial charge is 0.303 e. The van der Waals surface area contributed by atoms with Crippen molar-refractivity contribution in [2.24, 2.45) is 5.92 Å². The number of benzene rings is 1. The highest BCUT2D eigenvalue weighted by Gasteiger charge is 2.14. The van der Waals surface area contributed by atoms with Gasteiger partial charge < -0.3 is 10.4 Å². The fraction of sp³-hybridized carbons (Fsp3) is 0.467. The van der Waals surface area contributed by atoms with E-state index in [0.717, 1.165) is 5.56 Å². The van der Waals surface area contributed by atoms with E-state index in [1.165, 1.54) is 12.1 Å². The monoisotopic (exact) mass is 281 g/mol. The maximum Gasteiger partial charge on any atom is 0.303 e. The molecule has 1 aromatic rings. The summed E-state index contributed by atoms with van der Waals surface area (Å²) >= 11 is 0. The van der Waals surface area contributed by atoms with Gasteiger partial charge in [-0.15, -0.1) is 0 Å². The lowest BCUT2D eigenvalue weighted by Gasteiger charge is -2.15. The van der Waals surface area contributed by atoms with E-state index in [1.54, 1.807) is 19.1 Å². The number of nitrogens with one attached hydrogen (secondary N) is 1. The zero-order valence-corrected chi connectivity index (χ0v) is 11.7. The number of carboxylic acid groups (broad SMARTS) is 1. The molecule has 1 amide bonds. The molecule has 0 saturated heterocycles. The lowest BCUT2D eigenvalue weighted by molar-refractivity contribution is -0.138. The fourth-order valence-corrected chi connectivity index (χ4v) is 2.05. The van der Waals surface area contributed by atoms with Crippen LogP contribution in [-0.4, -0.2) is 23.0 Å². The first-order valence-corrected chi connectivity index (χ1v) is 6.62. The van der Waals surface area contributed by atoms with Gasteiger partial charge in [0, 0.05) is 18.9 Å². The molecule has 0 radical (unpaired) electrons. The molecule has 0 aliphatic heterocycles. The molecule has 0 bridgehead atoms. The lowest BCUT2D eigenvalue weighted by Crippen LogP contribution is -2.35. The molecule has 0 aromatic heterocycles. The molecular weight excluding hydrogens is 261 g/mol. The number of carbonyl (C=O) groups is 2. The lowest BCUT2D eigenvalue weighted by atomic mass is 10.0. The zero-order chi connectivity index (χ0) is 15.1. The van der Waals surface area contributed by atoms with E-state index in [2.05, 4.69) is 5.32 Å². The summed E-state index contributed by atoms with van der Waals surface area (Å²) in [5.74, 6) is -1.53. The van der Waals surface area contributed by atoms with Crippen molar-refractivity contribution < 1.29 is 19.1 Å². The third-order valence-corrected chi connectivity index (χ3v) is 2.92. The number of amides is 1. The highest BCUT2D eigenvalue weighted by atomic mass is 19.1. The number of halogens is 1. The van der Waals surface area contributed by atoms with Crippen molar-refractivity contribution in [2.75, 3.05) is 0 Å². The maximum absolute atomic E-state index is 12.8. The predicted octanol–water partition coefficient (Wildman–Crippen LogP) is 2.37. The Balaban J connectivity index is 2.37. The molecule has 0 spiro atoms. The molecule has 0 fully saturated rings. The van der Waals surface area contributed by atoms with Gasteiger partial charge in [0.15, 0.2) is 0 Å². The van der Waals surface area contributed by atoms with Crippen LogP contribution >= 0.6 is 0 Å². The number of aliphatic carboxylic acids is 1. The van der Waals surface area contributed by atoms with Crippen LogP contribution in [-0.2, 0) is 16.0 Å². The van der Waals surface area contributed by atoms with Gasteiger partial charge in [0.1, 0.15) is 5.82 Å². The first kappa shape index (κ1) is 16.1. The molecule has 1 aromatic carbocycles. The van der Waals surface area contributed by atoms with Crippen LogP contribution in [0.15, 0.2) is 24.3 Å². The SMILES string of the molecule is CC(CC(=O)O)CC(=O)NC(C)Cc1ccc(F)cc1.